The van der Waals surface area contributed by atoms with Crippen molar-refractivity contribution < 1.29 is 9.13 Å². The highest BCUT2D eigenvalue weighted by Gasteiger charge is 2.05. The summed E-state index contributed by atoms with van der Waals surface area (Å²) in [6.45, 7) is 2.30. The highest BCUT2D eigenvalue weighted by molar-refractivity contribution is 9.10. The molecule has 2 rings (SSSR count). The third kappa shape index (κ3) is 2.86. The second-order valence-corrected chi connectivity index (χ2v) is 4.50. The summed E-state index contributed by atoms with van der Waals surface area (Å²) in [6, 6.07) is 12.8. The van der Waals surface area contributed by atoms with Crippen molar-refractivity contribution in [2.45, 2.75) is 6.92 Å². The Morgan fingerprint density at radius 1 is 1.06 bits per heavy atom. The Hall–Kier alpha value is -1.35. The topological polar surface area (TPSA) is 9.23 Å². The summed E-state index contributed by atoms with van der Waals surface area (Å²) < 4.78 is 19.8. The minimum Gasteiger partial charge on any atom is -0.491 e. The van der Waals surface area contributed by atoms with E-state index in [0.717, 1.165) is 15.6 Å². The van der Waals surface area contributed by atoms with E-state index >= 15 is 0 Å². The van der Waals surface area contributed by atoms with Gasteiger partial charge in [-0.05, 0) is 42.3 Å². The molecule has 88 valence electrons. The van der Waals surface area contributed by atoms with Gasteiger partial charge in [-0.25, -0.2) is 4.39 Å². The monoisotopic (exact) mass is 294 g/mol. The molecule has 0 bridgehead atoms. The first kappa shape index (κ1) is 12.1. The molecule has 0 N–H and O–H groups in total. The predicted molar refractivity (Wildman–Crippen MR) is 70.7 cm³/mol. The molecule has 0 aliphatic heterocycles. The quantitative estimate of drug-likeness (QED) is 0.800. The van der Waals surface area contributed by atoms with Crippen LogP contribution in [0.1, 0.15) is 6.92 Å². The van der Waals surface area contributed by atoms with Gasteiger partial charge in [0.1, 0.15) is 0 Å². The van der Waals surface area contributed by atoms with Crippen LogP contribution < -0.4 is 4.74 Å². The normalized spacial score (nSPS) is 10.3. The third-order valence-corrected chi connectivity index (χ3v) is 2.94. The van der Waals surface area contributed by atoms with E-state index in [4.69, 9.17) is 4.74 Å². The minimum absolute atomic E-state index is 0.299. The van der Waals surface area contributed by atoms with E-state index in [1.165, 1.54) is 6.07 Å². The Labute approximate surface area is 108 Å². The van der Waals surface area contributed by atoms with Crippen LogP contribution in [-0.4, -0.2) is 6.61 Å². The Balaban J connectivity index is 2.34. The van der Waals surface area contributed by atoms with E-state index in [-0.39, 0.29) is 5.82 Å². The second kappa shape index (κ2) is 5.32. The zero-order valence-corrected chi connectivity index (χ0v) is 11.0. The highest BCUT2D eigenvalue weighted by Crippen LogP contribution is 2.26. The van der Waals surface area contributed by atoms with E-state index in [2.05, 4.69) is 15.9 Å². The lowest BCUT2D eigenvalue weighted by Crippen LogP contribution is -1.94. The fraction of sp³-hybridized carbons (Fsp3) is 0.143. The van der Waals surface area contributed by atoms with Gasteiger partial charge in [0.2, 0.25) is 0 Å². The molecule has 0 aliphatic carbocycles. The van der Waals surface area contributed by atoms with Crippen molar-refractivity contribution in [3.63, 3.8) is 0 Å². The van der Waals surface area contributed by atoms with Gasteiger partial charge in [0.05, 0.1) is 6.61 Å². The molecule has 0 unspecified atom stereocenters. The van der Waals surface area contributed by atoms with Crippen LogP contribution in [0.25, 0.3) is 11.1 Å². The number of hydrogen-bond donors (Lipinski definition) is 0. The minimum atomic E-state index is -0.327. The van der Waals surface area contributed by atoms with Crippen LogP contribution in [0, 0.1) is 5.82 Å². The Morgan fingerprint density at radius 3 is 2.29 bits per heavy atom. The van der Waals surface area contributed by atoms with Crippen molar-refractivity contribution in [3.8, 4) is 16.9 Å². The summed E-state index contributed by atoms with van der Waals surface area (Å²) in [4.78, 5) is 0. The van der Waals surface area contributed by atoms with Crippen LogP contribution in [-0.2, 0) is 0 Å². The molecule has 0 spiro atoms. The number of ether oxygens (including phenoxy) is 1. The van der Waals surface area contributed by atoms with Gasteiger partial charge in [0, 0.05) is 4.47 Å². The molecule has 0 radical (unpaired) electrons. The van der Waals surface area contributed by atoms with Gasteiger partial charge in [-0.1, -0.05) is 34.1 Å². The molecule has 2 aromatic rings. The smallest absolute Gasteiger partial charge is 0.165 e. The van der Waals surface area contributed by atoms with Crippen molar-refractivity contribution in [1.82, 2.24) is 0 Å². The van der Waals surface area contributed by atoms with Gasteiger partial charge < -0.3 is 4.74 Å². The maximum absolute atomic E-state index is 13.7. The fourth-order valence-corrected chi connectivity index (χ4v) is 1.86. The van der Waals surface area contributed by atoms with Crippen molar-refractivity contribution in [3.05, 3.63) is 52.8 Å². The van der Waals surface area contributed by atoms with Crippen LogP contribution in [0.15, 0.2) is 46.9 Å². The molecule has 0 amide bonds. The number of halogens is 2. The van der Waals surface area contributed by atoms with Crippen LogP contribution >= 0.6 is 15.9 Å². The van der Waals surface area contributed by atoms with Gasteiger partial charge in [-0.15, -0.1) is 0 Å². The molecule has 0 heterocycles. The lowest BCUT2D eigenvalue weighted by atomic mass is 10.1. The van der Waals surface area contributed by atoms with Crippen LogP contribution in [0.5, 0.6) is 5.75 Å². The molecule has 0 aliphatic rings. The Morgan fingerprint density at radius 2 is 1.71 bits per heavy atom. The first-order valence-corrected chi connectivity index (χ1v) is 6.18. The molecule has 1 nitrogen and oxygen atoms in total. The van der Waals surface area contributed by atoms with Gasteiger partial charge in [0.15, 0.2) is 11.6 Å². The Kier molecular flexibility index (Phi) is 3.79. The molecule has 0 atom stereocenters. The Bertz CT molecular complexity index is 508. The summed E-state index contributed by atoms with van der Waals surface area (Å²) in [5.41, 5.74) is 1.83. The average molecular weight is 295 g/mol. The van der Waals surface area contributed by atoms with Crippen molar-refractivity contribution >= 4 is 15.9 Å². The maximum atomic E-state index is 13.7. The molecule has 0 saturated carbocycles. The first-order valence-electron chi connectivity index (χ1n) is 5.39. The summed E-state index contributed by atoms with van der Waals surface area (Å²) in [5, 5.41) is 0. The highest BCUT2D eigenvalue weighted by atomic mass is 79.9. The second-order valence-electron chi connectivity index (χ2n) is 3.59. The summed E-state index contributed by atoms with van der Waals surface area (Å²) in [7, 11) is 0. The fourth-order valence-electron chi connectivity index (χ4n) is 1.60. The van der Waals surface area contributed by atoms with E-state index in [1.807, 2.05) is 37.3 Å². The number of rotatable bonds is 3. The standard InChI is InChI=1S/C14H12BrFO/c1-2-17-14-8-5-11(9-13(14)16)10-3-6-12(15)7-4-10/h3-9H,2H2,1H3. The van der Waals surface area contributed by atoms with Crippen molar-refractivity contribution in [1.29, 1.82) is 0 Å². The van der Waals surface area contributed by atoms with Gasteiger partial charge in [-0.3, -0.25) is 0 Å². The van der Waals surface area contributed by atoms with E-state index < -0.39 is 0 Å². The van der Waals surface area contributed by atoms with Crippen molar-refractivity contribution in [2.24, 2.45) is 0 Å². The van der Waals surface area contributed by atoms with E-state index in [0.29, 0.717) is 12.4 Å². The molecular formula is C14H12BrFO. The summed E-state index contributed by atoms with van der Waals surface area (Å²) in [6.07, 6.45) is 0. The zero-order valence-electron chi connectivity index (χ0n) is 9.41. The van der Waals surface area contributed by atoms with Crippen LogP contribution in [0.3, 0.4) is 0 Å². The van der Waals surface area contributed by atoms with Crippen LogP contribution in [0.2, 0.25) is 0 Å². The lowest BCUT2D eigenvalue weighted by molar-refractivity contribution is 0.321. The maximum Gasteiger partial charge on any atom is 0.165 e. The first-order chi connectivity index (χ1) is 8.20. The van der Waals surface area contributed by atoms with Gasteiger partial charge >= 0.3 is 0 Å². The van der Waals surface area contributed by atoms with Gasteiger partial charge in [0.25, 0.3) is 0 Å². The number of benzene rings is 2. The average Bonchev–Trinajstić information content (AvgIpc) is 2.33. The van der Waals surface area contributed by atoms with Gasteiger partial charge in [-0.2, -0.15) is 0 Å². The number of hydrogen-bond acceptors (Lipinski definition) is 1. The molecule has 2 aromatic carbocycles. The van der Waals surface area contributed by atoms with Crippen LogP contribution in [0.4, 0.5) is 4.39 Å². The van der Waals surface area contributed by atoms with E-state index in [1.54, 1.807) is 6.07 Å². The molecule has 0 saturated heterocycles. The molecule has 3 heteroatoms. The largest absolute Gasteiger partial charge is 0.491 e. The lowest BCUT2D eigenvalue weighted by Gasteiger charge is -2.07. The van der Waals surface area contributed by atoms with Crippen molar-refractivity contribution in [2.75, 3.05) is 6.61 Å². The SMILES string of the molecule is CCOc1ccc(-c2ccc(Br)cc2)cc1F. The summed E-state index contributed by atoms with van der Waals surface area (Å²) in [5.74, 6) is -0.0272. The molecule has 0 aromatic heterocycles. The summed E-state index contributed by atoms with van der Waals surface area (Å²) >= 11 is 3.37. The van der Waals surface area contributed by atoms with E-state index in [9.17, 15) is 4.39 Å². The zero-order chi connectivity index (χ0) is 12.3. The molecule has 0 fully saturated rings. The molecular weight excluding hydrogens is 283 g/mol. The third-order valence-electron chi connectivity index (χ3n) is 2.41. The molecule has 17 heavy (non-hydrogen) atoms. The predicted octanol–water partition coefficient (Wildman–Crippen LogP) is 4.65.